The molecule has 0 bridgehead atoms. The Morgan fingerprint density at radius 3 is 2.53 bits per heavy atom. The Hall–Kier alpha value is -1.32. The second-order valence-electron chi connectivity index (χ2n) is 4.89. The Bertz CT molecular complexity index is 389. The molecule has 0 aromatic carbocycles. The Morgan fingerprint density at radius 2 is 2.00 bits per heavy atom. The van der Waals surface area contributed by atoms with E-state index in [0.717, 1.165) is 6.42 Å². The lowest BCUT2D eigenvalue weighted by molar-refractivity contribution is 0.0658. The highest BCUT2D eigenvalue weighted by atomic mass is 16.4. The Labute approximate surface area is 101 Å². The van der Waals surface area contributed by atoms with E-state index in [-0.39, 0.29) is 5.76 Å². The fraction of sp³-hybridized carbons (Fsp3) is 0.692. The van der Waals surface area contributed by atoms with Gasteiger partial charge in [0.15, 0.2) is 5.89 Å². The van der Waals surface area contributed by atoms with Crippen LogP contribution >= 0.6 is 0 Å². The maximum atomic E-state index is 10.8. The van der Waals surface area contributed by atoms with Crippen molar-refractivity contribution in [3.8, 4) is 0 Å². The SMILES string of the molecule is Cc1nc(CC2CCCCCC2)oc1C(=O)O. The van der Waals surface area contributed by atoms with E-state index in [1.807, 2.05) is 0 Å². The van der Waals surface area contributed by atoms with Crippen molar-refractivity contribution in [2.75, 3.05) is 0 Å². The molecule has 0 amide bonds. The predicted octanol–water partition coefficient (Wildman–Crippen LogP) is 3.19. The number of hydrogen-bond acceptors (Lipinski definition) is 3. The number of aromatic nitrogens is 1. The van der Waals surface area contributed by atoms with Crippen LogP contribution in [0, 0.1) is 12.8 Å². The van der Waals surface area contributed by atoms with Gasteiger partial charge < -0.3 is 9.52 Å². The molecule has 4 heteroatoms. The summed E-state index contributed by atoms with van der Waals surface area (Å²) in [6.45, 7) is 1.68. The fourth-order valence-electron chi connectivity index (χ4n) is 2.55. The van der Waals surface area contributed by atoms with Crippen molar-refractivity contribution in [3.63, 3.8) is 0 Å². The molecule has 0 aliphatic heterocycles. The van der Waals surface area contributed by atoms with Gasteiger partial charge in [0.25, 0.3) is 0 Å². The van der Waals surface area contributed by atoms with Crippen LogP contribution in [0.5, 0.6) is 0 Å². The van der Waals surface area contributed by atoms with Gasteiger partial charge >= 0.3 is 5.97 Å². The highest BCUT2D eigenvalue weighted by Gasteiger charge is 2.19. The van der Waals surface area contributed by atoms with Crippen LogP contribution in [-0.4, -0.2) is 16.1 Å². The quantitative estimate of drug-likeness (QED) is 0.820. The van der Waals surface area contributed by atoms with Crippen LogP contribution in [-0.2, 0) is 6.42 Å². The van der Waals surface area contributed by atoms with E-state index in [2.05, 4.69) is 4.98 Å². The van der Waals surface area contributed by atoms with Crippen LogP contribution in [0.2, 0.25) is 0 Å². The molecule has 4 nitrogen and oxygen atoms in total. The normalized spacial score (nSPS) is 17.9. The van der Waals surface area contributed by atoms with E-state index in [1.54, 1.807) is 6.92 Å². The summed E-state index contributed by atoms with van der Waals surface area (Å²) in [5.41, 5.74) is 0.487. The summed E-state index contributed by atoms with van der Waals surface area (Å²) in [5, 5.41) is 8.90. The molecule has 0 radical (unpaired) electrons. The summed E-state index contributed by atoms with van der Waals surface area (Å²) in [6, 6.07) is 0. The first-order chi connectivity index (χ1) is 8.16. The minimum atomic E-state index is -1.03. The highest BCUT2D eigenvalue weighted by molar-refractivity contribution is 5.85. The first-order valence-electron chi connectivity index (χ1n) is 6.36. The summed E-state index contributed by atoms with van der Waals surface area (Å²) < 4.78 is 5.31. The molecule has 0 atom stereocenters. The zero-order chi connectivity index (χ0) is 12.3. The van der Waals surface area contributed by atoms with Gasteiger partial charge in [-0.2, -0.15) is 0 Å². The second kappa shape index (κ2) is 5.34. The molecular weight excluding hydrogens is 218 g/mol. The molecule has 0 unspecified atom stereocenters. The molecule has 0 spiro atoms. The molecule has 94 valence electrons. The summed E-state index contributed by atoms with van der Waals surface area (Å²) in [7, 11) is 0. The van der Waals surface area contributed by atoms with Crippen molar-refractivity contribution in [2.45, 2.75) is 51.9 Å². The minimum absolute atomic E-state index is 0.00591. The van der Waals surface area contributed by atoms with Crippen LogP contribution < -0.4 is 0 Å². The van der Waals surface area contributed by atoms with Crippen molar-refractivity contribution in [1.29, 1.82) is 0 Å². The van der Waals surface area contributed by atoms with Gasteiger partial charge in [-0.3, -0.25) is 0 Å². The first kappa shape index (κ1) is 12.1. The van der Waals surface area contributed by atoms with E-state index in [0.29, 0.717) is 17.5 Å². The molecule has 1 N–H and O–H groups in total. The van der Waals surface area contributed by atoms with E-state index in [9.17, 15) is 4.79 Å². The zero-order valence-electron chi connectivity index (χ0n) is 10.2. The van der Waals surface area contributed by atoms with E-state index in [4.69, 9.17) is 9.52 Å². The average molecular weight is 237 g/mol. The van der Waals surface area contributed by atoms with Gasteiger partial charge in [0.1, 0.15) is 0 Å². The molecule has 1 aliphatic carbocycles. The summed E-state index contributed by atoms with van der Waals surface area (Å²) in [4.78, 5) is 15.1. The van der Waals surface area contributed by atoms with Crippen LogP contribution in [0.3, 0.4) is 0 Å². The van der Waals surface area contributed by atoms with E-state index >= 15 is 0 Å². The smallest absolute Gasteiger partial charge is 0.373 e. The number of aryl methyl sites for hydroxylation is 1. The zero-order valence-corrected chi connectivity index (χ0v) is 10.2. The lowest BCUT2D eigenvalue weighted by atomic mass is 9.97. The van der Waals surface area contributed by atoms with Gasteiger partial charge in [-0.15, -0.1) is 0 Å². The van der Waals surface area contributed by atoms with Crippen molar-refractivity contribution in [1.82, 2.24) is 4.98 Å². The molecule has 1 fully saturated rings. The summed E-state index contributed by atoms with van der Waals surface area (Å²) in [5.74, 6) is 0.166. The number of nitrogens with zero attached hydrogens (tertiary/aromatic N) is 1. The molecule has 0 saturated heterocycles. The molecule has 1 aliphatic rings. The molecule has 2 rings (SSSR count). The molecule has 1 heterocycles. The minimum Gasteiger partial charge on any atom is -0.475 e. The average Bonchev–Trinajstić information content (AvgIpc) is 2.50. The van der Waals surface area contributed by atoms with Crippen molar-refractivity contribution in [3.05, 3.63) is 17.3 Å². The van der Waals surface area contributed by atoms with Gasteiger partial charge in [0, 0.05) is 6.42 Å². The topological polar surface area (TPSA) is 63.3 Å². The molecule has 1 aromatic rings. The van der Waals surface area contributed by atoms with Crippen LogP contribution in [0.4, 0.5) is 0 Å². The highest BCUT2D eigenvalue weighted by Crippen LogP contribution is 2.26. The molecule has 1 saturated carbocycles. The standard InChI is InChI=1S/C13H19NO3/c1-9-12(13(15)16)17-11(14-9)8-10-6-4-2-3-5-7-10/h10H,2-8H2,1H3,(H,15,16). The second-order valence-corrected chi connectivity index (χ2v) is 4.89. The first-order valence-corrected chi connectivity index (χ1v) is 6.36. The third kappa shape index (κ3) is 3.08. The third-order valence-corrected chi connectivity index (χ3v) is 3.47. The predicted molar refractivity (Wildman–Crippen MR) is 63.1 cm³/mol. The Morgan fingerprint density at radius 1 is 1.35 bits per heavy atom. The maximum absolute atomic E-state index is 10.8. The van der Waals surface area contributed by atoms with E-state index < -0.39 is 5.97 Å². The van der Waals surface area contributed by atoms with Gasteiger partial charge in [-0.1, -0.05) is 25.7 Å². The number of carboxylic acids is 1. The van der Waals surface area contributed by atoms with Crippen molar-refractivity contribution >= 4 is 5.97 Å². The van der Waals surface area contributed by atoms with E-state index in [1.165, 1.54) is 38.5 Å². The monoisotopic (exact) mass is 237 g/mol. The molecule has 1 aromatic heterocycles. The van der Waals surface area contributed by atoms with Gasteiger partial charge in [-0.25, -0.2) is 9.78 Å². The van der Waals surface area contributed by atoms with Gasteiger partial charge in [-0.05, 0) is 25.7 Å². The molecular formula is C13H19NO3. The Balaban J connectivity index is 2.02. The number of aromatic carboxylic acids is 1. The number of carboxylic acid groups (broad SMARTS) is 1. The summed E-state index contributed by atoms with van der Waals surface area (Å²) >= 11 is 0. The molecule has 17 heavy (non-hydrogen) atoms. The number of rotatable bonds is 3. The van der Waals surface area contributed by atoms with Crippen LogP contribution in [0.25, 0.3) is 0 Å². The fourth-order valence-corrected chi connectivity index (χ4v) is 2.55. The lowest BCUT2D eigenvalue weighted by Gasteiger charge is -2.10. The van der Waals surface area contributed by atoms with Crippen LogP contribution in [0.15, 0.2) is 4.42 Å². The van der Waals surface area contributed by atoms with Crippen molar-refractivity contribution in [2.24, 2.45) is 5.92 Å². The lowest BCUT2D eigenvalue weighted by Crippen LogP contribution is -2.03. The maximum Gasteiger partial charge on any atom is 0.373 e. The van der Waals surface area contributed by atoms with Gasteiger partial charge in [0.05, 0.1) is 5.69 Å². The Kier molecular flexibility index (Phi) is 3.82. The number of carbonyl (C=O) groups is 1. The third-order valence-electron chi connectivity index (χ3n) is 3.47. The van der Waals surface area contributed by atoms with Gasteiger partial charge in [0.2, 0.25) is 5.76 Å². The van der Waals surface area contributed by atoms with Crippen molar-refractivity contribution < 1.29 is 14.3 Å². The number of hydrogen-bond donors (Lipinski definition) is 1. The summed E-state index contributed by atoms with van der Waals surface area (Å²) in [6.07, 6.45) is 8.40. The largest absolute Gasteiger partial charge is 0.475 e. The number of oxazole rings is 1. The van der Waals surface area contributed by atoms with Crippen LogP contribution in [0.1, 0.15) is 60.7 Å².